The van der Waals surface area contributed by atoms with Crippen LogP contribution in [0.5, 0.6) is 5.75 Å². The van der Waals surface area contributed by atoms with Crippen LogP contribution < -0.4 is 4.65 Å². The molecule has 4 heteroatoms. The molecule has 0 fully saturated rings. The van der Waals surface area contributed by atoms with Gasteiger partial charge in [0, 0.05) is 16.5 Å². The molecule has 133 valence electrons. The summed E-state index contributed by atoms with van der Waals surface area (Å²) in [6.45, 7) is 0. The van der Waals surface area contributed by atoms with Crippen molar-refractivity contribution in [2.45, 2.75) is 0 Å². The summed E-state index contributed by atoms with van der Waals surface area (Å²) in [5.74, 6) is 0.609. The van der Waals surface area contributed by atoms with Crippen LogP contribution in [0.15, 0.2) is 97.1 Å². The van der Waals surface area contributed by atoms with E-state index in [-0.39, 0.29) is 0 Å². The van der Waals surface area contributed by atoms with Crippen LogP contribution in [-0.4, -0.2) is 17.3 Å². The normalized spacial score (nSPS) is 11.0. The molecule has 0 saturated heterocycles. The molecule has 0 aliphatic rings. The predicted molar refractivity (Wildman–Crippen MR) is 115 cm³/mol. The summed E-state index contributed by atoms with van der Waals surface area (Å²) < 4.78 is 7.42. The molecule has 1 heterocycles. The number of nitrogens with zero attached hydrogens (tertiary/aromatic N) is 1. The molecule has 1 aromatic heterocycles. The number of hydrogen-bond donors (Lipinski definition) is 1. The summed E-state index contributed by atoms with van der Waals surface area (Å²) in [5, 5.41) is 11.2. The Bertz CT molecular complexity index is 1260. The molecule has 0 amide bonds. The first-order valence-electron chi connectivity index (χ1n) is 9.17. The van der Waals surface area contributed by atoms with Crippen molar-refractivity contribution in [2.24, 2.45) is 0 Å². The first kappa shape index (κ1) is 16.7. The minimum absolute atomic E-state index is 0.609. The summed E-state index contributed by atoms with van der Waals surface area (Å²) in [7, 11) is 0.711. The fourth-order valence-corrected chi connectivity index (χ4v) is 3.80. The van der Waals surface area contributed by atoms with Crippen LogP contribution in [-0.2, 0) is 0 Å². The van der Waals surface area contributed by atoms with Gasteiger partial charge in [0.15, 0.2) is 0 Å². The van der Waals surface area contributed by atoms with Crippen molar-refractivity contribution in [1.29, 1.82) is 0 Å². The fraction of sp³-hybridized carbons (Fsp3) is 0. The van der Waals surface area contributed by atoms with Gasteiger partial charge in [0.2, 0.25) is 0 Å². The third-order valence-electron chi connectivity index (χ3n) is 5.07. The third-order valence-corrected chi connectivity index (χ3v) is 5.07. The van der Waals surface area contributed by atoms with Gasteiger partial charge >= 0.3 is 7.69 Å². The molecule has 0 atom stereocenters. The molecule has 0 spiro atoms. The summed E-state index contributed by atoms with van der Waals surface area (Å²) >= 11 is 0. The second-order valence-corrected chi connectivity index (χ2v) is 6.67. The van der Waals surface area contributed by atoms with E-state index >= 15 is 0 Å². The topological polar surface area (TPSA) is 34.4 Å². The van der Waals surface area contributed by atoms with Crippen molar-refractivity contribution in [3.8, 4) is 22.6 Å². The van der Waals surface area contributed by atoms with Crippen LogP contribution in [0, 0.1) is 0 Å². The number of para-hydroxylation sites is 1. The maximum Gasteiger partial charge on any atom is 0.569 e. The Hall–Kier alpha value is -3.50. The predicted octanol–water partition coefficient (Wildman–Crippen LogP) is 5.36. The van der Waals surface area contributed by atoms with Crippen molar-refractivity contribution in [2.75, 3.05) is 0 Å². The zero-order valence-electron chi connectivity index (χ0n) is 15.1. The number of fused-ring (bicyclic) bond motifs is 3. The minimum Gasteiger partial charge on any atom is -0.537 e. The Balaban J connectivity index is 1.69. The second kappa shape index (κ2) is 6.91. The largest absolute Gasteiger partial charge is 0.569 e. The van der Waals surface area contributed by atoms with E-state index in [1.165, 1.54) is 11.1 Å². The molecule has 0 aliphatic heterocycles. The highest BCUT2D eigenvalue weighted by molar-refractivity contribution is 6.17. The number of benzene rings is 4. The van der Waals surface area contributed by atoms with E-state index in [4.69, 9.17) is 9.68 Å². The molecule has 0 saturated carbocycles. The van der Waals surface area contributed by atoms with E-state index in [1.807, 2.05) is 30.3 Å². The highest BCUT2D eigenvalue weighted by Gasteiger charge is 2.13. The molecule has 5 rings (SSSR count). The van der Waals surface area contributed by atoms with Gasteiger partial charge in [0.25, 0.3) is 0 Å². The molecule has 1 N–H and O–H groups in total. The Morgan fingerprint density at radius 2 is 1.32 bits per heavy atom. The highest BCUT2D eigenvalue weighted by Crippen LogP contribution is 2.34. The van der Waals surface area contributed by atoms with E-state index in [0.29, 0.717) is 13.4 Å². The summed E-state index contributed by atoms with van der Waals surface area (Å²) in [6.07, 6.45) is 0. The summed E-state index contributed by atoms with van der Waals surface area (Å²) in [6, 6.07) is 33.2. The number of aromatic nitrogens is 1. The van der Waals surface area contributed by atoms with Gasteiger partial charge in [-0.25, -0.2) is 0 Å². The van der Waals surface area contributed by atoms with E-state index in [1.54, 1.807) is 0 Å². The van der Waals surface area contributed by atoms with Crippen molar-refractivity contribution in [3.63, 3.8) is 0 Å². The lowest BCUT2D eigenvalue weighted by Crippen LogP contribution is -1.99. The average Bonchev–Trinajstić information content (AvgIpc) is 3.09. The number of rotatable bonds is 4. The zero-order chi connectivity index (χ0) is 18.9. The van der Waals surface area contributed by atoms with Crippen LogP contribution in [0.2, 0.25) is 0 Å². The Morgan fingerprint density at radius 3 is 2.11 bits per heavy atom. The first-order chi connectivity index (χ1) is 13.8. The van der Waals surface area contributed by atoms with Crippen molar-refractivity contribution < 1.29 is 9.68 Å². The molecule has 5 aromatic rings. The smallest absolute Gasteiger partial charge is 0.537 e. The highest BCUT2D eigenvalue weighted by atomic mass is 16.5. The molecule has 3 nitrogen and oxygen atoms in total. The fourth-order valence-electron chi connectivity index (χ4n) is 3.80. The molecule has 4 aromatic carbocycles. The molecule has 0 aliphatic carbocycles. The van der Waals surface area contributed by atoms with Crippen molar-refractivity contribution >= 4 is 29.5 Å². The molecule has 1 radical (unpaired) electrons. The minimum atomic E-state index is 0.609. The lowest BCUT2D eigenvalue weighted by Gasteiger charge is -2.10. The van der Waals surface area contributed by atoms with Gasteiger partial charge < -0.3 is 14.2 Å². The monoisotopic (exact) mass is 362 g/mol. The number of hydrogen-bond acceptors (Lipinski definition) is 2. The van der Waals surface area contributed by atoms with Gasteiger partial charge in [-0.2, -0.15) is 0 Å². The average molecular weight is 362 g/mol. The Morgan fingerprint density at radius 1 is 0.643 bits per heavy atom. The van der Waals surface area contributed by atoms with E-state index in [9.17, 15) is 0 Å². The van der Waals surface area contributed by atoms with E-state index in [2.05, 4.69) is 71.3 Å². The van der Waals surface area contributed by atoms with Gasteiger partial charge in [-0.1, -0.05) is 60.7 Å². The van der Waals surface area contributed by atoms with Crippen LogP contribution >= 0.6 is 0 Å². The Kier molecular flexibility index (Phi) is 4.11. The molecule has 0 bridgehead atoms. The van der Waals surface area contributed by atoms with Crippen LogP contribution in [0.1, 0.15) is 0 Å². The zero-order valence-corrected chi connectivity index (χ0v) is 15.1. The molecular weight excluding hydrogens is 345 g/mol. The SMILES string of the molecule is O[B]Oc1ccc2c(c1)c1ccccc1n2-c1ccc(-c2ccccc2)cc1. The molecular formula is C24H17BNO2. The van der Waals surface area contributed by atoms with Crippen LogP contribution in [0.25, 0.3) is 38.6 Å². The van der Waals surface area contributed by atoms with Gasteiger partial charge in [-0.15, -0.1) is 0 Å². The maximum atomic E-state index is 8.96. The van der Waals surface area contributed by atoms with Gasteiger partial charge in [-0.3, -0.25) is 0 Å². The van der Waals surface area contributed by atoms with Crippen LogP contribution in [0.3, 0.4) is 0 Å². The van der Waals surface area contributed by atoms with Gasteiger partial charge in [-0.05, 0) is 47.5 Å². The maximum absolute atomic E-state index is 8.96. The quantitative estimate of drug-likeness (QED) is 0.437. The lowest BCUT2D eigenvalue weighted by atomic mass is 10.1. The van der Waals surface area contributed by atoms with E-state index < -0.39 is 0 Å². The first-order valence-corrected chi connectivity index (χ1v) is 9.17. The van der Waals surface area contributed by atoms with E-state index in [0.717, 1.165) is 27.5 Å². The van der Waals surface area contributed by atoms with Gasteiger partial charge in [0.05, 0.1) is 11.0 Å². The third kappa shape index (κ3) is 2.75. The standard InChI is InChI=1S/C24H17BNO2/c27-25-28-20-14-15-24-22(16-20)21-8-4-5-9-23(21)26(24)19-12-10-18(11-13-19)17-6-2-1-3-7-17/h1-16,27H. The van der Waals surface area contributed by atoms with Crippen LogP contribution in [0.4, 0.5) is 0 Å². The second-order valence-electron chi connectivity index (χ2n) is 6.67. The summed E-state index contributed by atoms with van der Waals surface area (Å²) in [5.41, 5.74) is 5.74. The lowest BCUT2D eigenvalue weighted by molar-refractivity contribution is 0.454. The molecule has 28 heavy (non-hydrogen) atoms. The summed E-state index contributed by atoms with van der Waals surface area (Å²) in [4.78, 5) is 0. The van der Waals surface area contributed by atoms with Crippen molar-refractivity contribution in [3.05, 3.63) is 97.1 Å². The van der Waals surface area contributed by atoms with Gasteiger partial charge in [0.1, 0.15) is 5.75 Å². The Labute approximate surface area is 163 Å². The molecule has 0 unspecified atom stereocenters. The van der Waals surface area contributed by atoms with Crippen molar-refractivity contribution in [1.82, 2.24) is 4.57 Å².